The van der Waals surface area contributed by atoms with E-state index in [0.29, 0.717) is 0 Å². The van der Waals surface area contributed by atoms with Crippen LogP contribution < -0.4 is 0 Å². The van der Waals surface area contributed by atoms with E-state index in [4.69, 9.17) is 9.84 Å². The van der Waals surface area contributed by atoms with E-state index in [1.54, 1.807) is 0 Å². The van der Waals surface area contributed by atoms with Crippen molar-refractivity contribution < 1.29 is 14.6 Å². The molecule has 1 heterocycles. The molecule has 1 saturated heterocycles. The van der Waals surface area contributed by atoms with Gasteiger partial charge in [0.15, 0.2) is 0 Å². The molecular formula is C16H23NO3. The number of aryl methyl sites for hydroxylation is 1. The first-order valence-corrected chi connectivity index (χ1v) is 7.31. The molecule has 1 aromatic rings. The van der Waals surface area contributed by atoms with Crippen molar-refractivity contribution in [2.75, 3.05) is 19.7 Å². The Morgan fingerprint density at radius 2 is 1.85 bits per heavy atom. The number of aliphatic carboxylic acids is 1. The maximum absolute atomic E-state index is 10.5. The number of hydrogen-bond acceptors (Lipinski definition) is 3. The van der Waals surface area contributed by atoms with Gasteiger partial charge in [-0.05, 0) is 30.4 Å². The SMILES string of the molecule is CCc1ccc(CN2CCC(OCC(=O)O)CC2)cc1. The molecule has 0 atom stereocenters. The number of ether oxygens (including phenoxy) is 1. The lowest BCUT2D eigenvalue weighted by atomic mass is 10.1. The molecular weight excluding hydrogens is 254 g/mol. The lowest BCUT2D eigenvalue weighted by Crippen LogP contribution is -2.37. The van der Waals surface area contributed by atoms with Crippen molar-refractivity contribution in [2.24, 2.45) is 0 Å². The van der Waals surface area contributed by atoms with Gasteiger partial charge in [0, 0.05) is 19.6 Å². The number of rotatable bonds is 6. The van der Waals surface area contributed by atoms with Crippen LogP contribution in [0.25, 0.3) is 0 Å². The Kier molecular flexibility index (Phi) is 5.56. The topological polar surface area (TPSA) is 49.8 Å². The number of likely N-dealkylation sites (tertiary alicyclic amines) is 1. The summed E-state index contributed by atoms with van der Waals surface area (Å²) in [6.07, 6.45) is 3.01. The van der Waals surface area contributed by atoms with Crippen LogP contribution >= 0.6 is 0 Å². The van der Waals surface area contributed by atoms with Crippen molar-refractivity contribution in [3.8, 4) is 0 Å². The first kappa shape index (κ1) is 15.0. The van der Waals surface area contributed by atoms with E-state index in [-0.39, 0.29) is 12.7 Å². The smallest absolute Gasteiger partial charge is 0.329 e. The van der Waals surface area contributed by atoms with Gasteiger partial charge in [0.2, 0.25) is 0 Å². The van der Waals surface area contributed by atoms with Gasteiger partial charge in [-0.25, -0.2) is 4.79 Å². The van der Waals surface area contributed by atoms with Crippen molar-refractivity contribution in [2.45, 2.75) is 38.8 Å². The summed E-state index contributed by atoms with van der Waals surface area (Å²) in [6, 6.07) is 8.79. The number of benzene rings is 1. The molecule has 4 heteroatoms. The fourth-order valence-corrected chi connectivity index (χ4v) is 2.56. The van der Waals surface area contributed by atoms with Crippen LogP contribution in [0.2, 0.25) is 0 Å². The molecule has 1 fully saturated rings. The van der Waals surface area contributed by atoms with Crippen molar-refractivity contribution in [3.63, 3.8) is 0 Å². The Balaban J connectivity index is 1.74. The molecule has 1 aliphatic rings. The number of nitrogens with zero attached hydrogens (tertiary/aromatic N) is 1. The fourth-order valence-electron chi connectivity index (χ4n) is 2.56. The minimum Gasteiger partial charge on any atom is -0.480 e. The van der Waals surface area contributed by atoms with Crippen LogP contribution in [0.5, 0.6) is 0 Å². The second-order valence-electron chi connectivity index (χ2n) is 5.35. The summed E-state index contributed by atoms with van der Waals surface area (Å²) < 4.78 is 5.35. The van der Waals surface area contributed by atoms with Gasteiger partial charge in [0.25, 0.3) is 0 Å². The van der Waals surface area contributed by atoms with Crippen molar-refractivity contribution in [1.82, 2.24) is 4.90 Å². The number of carboxylic acids is 1. The summed E-state index contributed by atoms with van der Waals surface area (Å²) in [5.74, 6) is -0.886. The van der Waals surface area contributed by atoms with E-state index in [9.17, 15) is 4.79 Å². The molecule has 110 valence electrons. The molecule has 0 saturated carbocycles. The van der Waals surface area contributed by atoms with Crippen molar-refractivity contribution in [1.29, 1.82) is 0 Å². The Labute approximate surface area is 120 Å². The Hall–Kier alpha value is -1.39. The zero-order valence-electron chi connectivity index (χ0n) is 12.0. The van der Waals surface area contributed by atoms with Crippen molar-refractivity contribution >= 4 is 5.97 Å². The highest BCUT2D eigenvalue weighted by atomic mass is 16.5. The summed E-state index contributed by atoms with van der Waals surface area (Å²) in [5.41, 5.74) is 2.71. The third-order valence-corrected chi connectivity index (χ3v) is 3.81. The van der Waals surface area contributed by atoms with Crippen LogP contribution in [0.4, 0.5) is 0 Å². The van der Waals surface area contributed by atoms with E-state index >= 15 is 0 Å². The highest BCUT2D eigenvalue weighted by Crippen LogP contribution is 2.16. The summed E-state index contributed by atoms with van der Waals surface area (Å²) in [6.45, 7) is 4.90. The maximum atomic E-state index is 10.5. The Morgan fingerprint density at radius 1 is 1.25 bits per heavy atom. The van der Waals surface area contributed by atoms with E-state index in [1.165, 1.54) is 11.1 Å². The van der Waals surface area contributed by atoms with Crippen LogP contribution in [0.3, 0.4) is 0 Å². The quantitative estimate of drug-likeness (QED) is 0.867. The number of carboxylic acid groups (broad SMARTS) is 1. The van der Waals surface area contributed by atoms with Gasteiger partial charge < -0.3 is 9.84 Å². The fraction of sp³-hybridized carbons (Fsp3) is 0.562. The summed E-state index contributed by atoms with van der Waals surface area (Å²) in [4.78, 5) is 12.9. The molecule has 20 heavy (non-hydrogen) atoms. The van der Waals surface area contributed by atoms with Gasteiger partial charge in [-0.2, -0.15) is 0 Å². The number of piperidine rings is 1. The van der Waals surface area contributed by atoms with E-state index < -0.39 is 5.97 Å². The molecule has 0 aromatic heterocycles. The second kappa shape index (κ2) is 7.41. The van der Waals surface area contributed by atoms with Crippen LogP contribution in [0.15, 0.2) is 24.3 Å². The zero-order chi connectivity index (χ0) is 14.4. The van der Waals surface area contributed by atoms with Gasteiger partial charge in [-0.1, -0.05) is 31.2 Å². The highest BCUT2D eigenvalue weighted by Gasteiger charge is 2.20. The Bertz CT molecular complexity index is 422. The van der Waals surface area contributed by atoms with Gasteiger partial charge in [0.05, 0.1) is 6.10 Å². The lowest BCUT2D eigenvalue weighted by Gasteiger charge is -2.31. The molecule has 0 spiro atoms. The average molecular weight is 277 g/mol. The molecule has 0 amide bonds. The highest BCUT2D eigenvalue weighted by molar-refractivity contribution is 5.68. The molecule has 1 N–H and O–H groups in total. The van der Waals surface area contributed by atoms with Gasteiger partial charge in [-0.15, -0.1) is 0 Å². The molecule has 1 aliphatic heterocycles. The first-order valence-electron chi connectivity index (χ1n) is 7.31. The molecule has 0 bridgehead atoms. The molecule has 0 unspecified atom stereocenters. The molecule has 1 aromatic carbocycles. The van der Waals surface area contributed by atoms with Gasteiger partial charge >= 0.3 is 5.97 Å². The maximum Gasteiger partial charge on any atom is 0.329 e. The molecule has 0 radical (unpaired) electrons. The van der Waals surface area contributed by atoms with Crippen LogP contribution in [-0.4, -0.2) is 41.8 Å². The van der Waals surface area contributed by atoms with E-state index in [1.807, 2.05) is 0 Å². The summed E-state index contributed by atoms with van der Waals surface area (Å²) in [5, 5.41) is 8.60. The number of carbonyl (C=O) groups is 1. The second-order valence-corrected chi connectivity index (χ2v) is 5.35. The van der Waals surface area contributed by atoms with Gasteiger partial charge in [-0.3, -0.25) is 4.90 Å². The normalized spacial score (nSPS) is 17.2. The van der Waals surface area contributed by atoms with Crippen LogP contribution in [-0.2, 0) is 22.5 Å². The molecule has 0 aliphatic carbocycles. The molecule has 2 rings (SSSR count). The lowest BCUT2D eigenvalue weighted by molar-refractivity contribution is -0.145. The van der Waals surface area contributed by atoms with Crippen LogP contribution in [0.1, 0.15) is 30.9 Å². The number of hydrogen-bond donors (Lipinski definition) is 1. The monoisotopic (exact) mass is 277 g/mol. The van der Waals surface area contributed by atoms with E-state index in [0.717, 1.165) is 38.9 Å². The molecule has 4 nitrogen and oxygen atoms in total. The minimum atomic E-state index is -0.886. The third-order valence-electron chi connectivity index (χ3n) is 3.81. The average Bonchev–Trinajstić information content (AvgIpc) is 2.47. The first-order chi connectivity index (χ1) is 9.67. The summed E-state index contributed by atoms with van der Waals surface area (Å²) in [7, 11) is 0. The van der Waals surface area contributed by atoms with Crippen LogP contribution in [0, 0.1) is 0 Å². The predicted octanol–water partition coefficient (Wildman–Crippen LogP) is 2.31. The van der Waals surface area contributed by atoms with Gasteiger partial charge in [0.1, 0.15) is 6.61 Å². The standard InChI is InChI=1S/C16H23NO3/c1-2-13-3-5-14(6-4-13)11-17-9-7-15(8-10-17)20-12-16(18)19/h3-6,15H,2,7-12H2,1H3,(H,18,19). The minimum absolute atomic E-state index is 0.102. The largest absolute Gasteiger partial charge is 0.480 e. The predicted molar refractivity (Wildman–Crippen MR) is 77.7 cm³/mol. The van der Waals surface area contributed by atoms with Crippen molar-refractivity contribution in [3.05, 3.63) is 35.4 Å². The zero-order valence-corrected chi connectivity index (χ0v) is 12.0. The summed E-state index contributed by atoms with van der Waals surface area (Å²) >= 11 is 0. The Morgan fingerprint density at radius 3 is 2.40 bits per heavy atom. The third kappa shape index (κ3) is 4.62. The van der Waals surface area contributed by atoms with E-state index in [2.05, 4.69) is 36.1 Å².